The molecule has 1 saturated carbocycles. The Morgan fingerprint density at radius 2 is 1.83 bits per heavy atom. The number of pyridine rings is 1. The number of nitrogens with zero attached hydrogens (tertiary/aromatic N) is 3. The van der Waals surface area contributed by atoms with E-state index in [0.717, 1.165) is 24.8 Å². The molecule has 0 spiro atoms. The Bertz CT molecular complexity index is 1090. The van der Waals surface area contributed by atoms with Gasteiger partial charge in [-0.05, 0) is 67.5 Å². The number of anilines is 2. The van der Waals surface area contributed by atoms with Crippen LogP contribution in [0.1, 0.15) is 68.9 Å². The van der Waals surface area contributed by atoms with E-state index in [1.54, 1.807) is 30.6 Å². The summed E-state index contributed by atoms with van der Waals surface area (Å²) in [5.74, 6) is -0.489. The molecule has 1 aromatic heterocycles. The number of hydrogen-bond acceptors (Lipinski definition) is 5. The van der Waals surface area contributed by atoms with Crippen LogP contribution in [0, 0.1) is 5.41 Å². The van der Waals surface area contributed by atoms with Gasteiger partial charge in [0.15, 0.2) is 0 Å². The van der Waals surface area contributed by atoms with Crippen molar-refractivity contribution in [2.24, 2.45) is 5.41 Å². The zero-order valence-corrected chi connectivity index (χ0v) is 21.0. The van der Waals surface area contributed by atoms with Gasteiger partial charge in [0, 0.05) is 30.5 Å². The van der Waals surface area contributed by atoms with Gasteiger partial charge in [-0.2, -0.15) is 0 Å². The van der Waals surface area contributed by atoms with Gasteiger partial charge in [0.05, 0.1) is 24.0 Å². The lowest BCUT2D eigenvalue weighted by molar-refractivity contribution is -0.123. The van der Waals surface area contributed by atoms with Crippen LogP contribution in [0.5, 0.6) is 0 Å². The first-order valence-corrected chi connectivity index (χ1v) is 12.3. The van der Waals surface area contributed by atoms with Crippen LogP contribution in [-0.2, 0) is 9.59 Å². The first-order valence-electron chi connectivity index (χ1n) is 12.3. The fourth-order valence-corrected chi connectivity index (χ4v) is 4.44. The fourth-order valence-electron chi connectivity index (χ4n) is 4.44. The normalized spacial score (nSPS) is 17.0. The molecule has 1 aliphatic carbocycles. The number of aromatic nitrogens is 1. The smallest absolute Gasteiger partial charge is 0.251 e. The van der Waals surface area contributed by atoms with E-state index >= 15 is 0 Å². The first-order chi connectivity index (χ1) is 16.6. The van der Waals surface area contributed by atoms with Crippen molar-refractivity contribution in [3.05, 3.63) is 53.9 Å². The van der Waals surface area contributed by atoms with Crippen LogP contribution in [-0.4, -0.2) is 48.4 Å². The monoisotopic (exact) mass is 477 g/mol. The molecule has 0 unspecified atom stereocenters. The molecule has 0 saturated heterocycles. The molecule has 2 aliphatic rings. The maximum Gasteiger partial charge on any atom is 0.251 e. The number of nitrogens with one attached hydrogen (secondary N) is 2. The van der Waals surface area contributed by atoms with E-state index in [2.05, 4.69) is 36.4 Å². The van der Waals surface area contributed by atoms with Crippen molar-refractivity contribution in [1.82, 2.24) is 15.6 Å². The number of amides is 3. The van der Waals surface area contributed by atoms with Crippen LogP contribution < -0.4 is 20.4 Å². The van der Waals surface area contributed by atoms with Crippen molar-refractivity contribution in [1.29, 1.82) is 0 Å². The SMILES string of the molecule is C[C@H](NC(=O)c1ccc2c(c1)N(C(=O)CNCC(C)(C)C)CC(=O)N2C1CCC1)c1ccncc1. The summed E-state index contributed by atoms with van der Waals surface area (Å²) in [6.07, 6.45) is 6.40. The maximum absolute atomic E-state index is 13.2. The van der Waals surface area contributed by atoms with Gasteiger partial charge in [0.25, 0.3) is 5.91 Å². The minimum atomic E-state index is -0.234. The van der Waals surface area contributed by atoms with Gasteiger partial charge in [-0.3, -0.25) is 24.3 Å². The molecule has 2 N–H and O–H groups in total. The molecule has 0 radical (unpaired) electrons. The van der Waals surface area contributed by atoms with Crippen molar-refractivity contribution < 1.29 is 14.4 Å². The quantitative estimate of drug-likeness (QED) is 0.637. The van der Waals surface area contributed by atoms with Crippen molar-refractivity contribution in [3.8, 4) is 0 Å². The zero-order valence-electron chi connectivity index (χ0n) is 21.0. The third-order valence-electron chi connectivity index (χ3n) is 6.58. The van der Waals surface area contributed by atoms with E-state index in [-0.39, 0.29) is 48.3 Å². The Kier molecular flexibility index (Phi) is 7.21. The number of hydrogen-bond donors (Lipinski definition) is 2. The Labute approximate surface area is 207 Å². The molecule has 4 rings (SSSR count). The van der Waals surface area contributed by atoms with E-state index in [1.807, 2.05) is 24.0 Å². The highest BCUT2D eigenvalue weighted by Gasteiger charge is 2.38. The van der Waals surface area contributed by atoms with Crippen LogP contribution in [0.2, 0.25) is 0 Å². The molecule has 1 fully saturated rings. The van der Waals surface area contributed by atoms with Crippen molar-refractivity contribution >= 4 is 29.1 Å². The summed E-state index contributed by atoms with van der Waals surface area (Å²) in [6.45, 7) is 8.99. The predicted octanol–water partition coefficient (Wildman–Crippen LogP) is 3.44. The van der Waals surface area contributed by atoms with Crippen molar-refractivity contribution in [2.45, 2.75) is 59.0 Å². The Morgan fingerprint density at radius 3 is 2.46 bits per heavy atom. The van der Waals surface area contributed by atoms with Crippen LogP contribution in [0.25, 0.3) is 0 Å². The Morgan fingerprint density at radius 1 is 1.11 bits per heavy atom. The maximum atomic E-state index is 13.2. The van der Waals surface area contributed by atoms with E-state index in [1.165, 1.54) is 4.90 Å². The number of benzene rings is 1. The molecule has 1 aromatic carbocycles. The van der Waals surface area contributed by atoms with Crippen molar-refractivity contribution in [3.63, 3.8) is 0 Å². The third-order valence-corrected chi connectivity index (χ3v) is 6.58. The van der Waals surface area contributed by atoms with Gasteiger partial charge >= 0.3 is 0 Å². The summed E-state index contributed by atoms with van der Waals surface area (Å²) in [6, 6.07) is 8.97. The van der Waals surface area contributed by atoms with Crippen LogP contribution >= 0.6 is 0 Å². The summed E-state index contributed by atoms with van der Waals surface area (Å²) >= 11 is 0. The molecule has 8 nitrogen and oxygen atoms in total. The molecule has 1 atom stereocenters. The number of carbonyl (C=O) groups excluding carboxylic acids is 3. The lowest BCUT2D eigenvalue weighted by Gasteiger charge is -2.43. The lowest BCUT2D eigenvalue weighted by atomic mass is 9.90. The fraction of sp³-hybridized carbons (Fsp3) is 0.481. The average Bonchev–Trinajstić information content (AvgIpc) is 2.78. The van der Waals surface area contributed by atoms with E-state index in [0.29, 0.717) is 23.5 Å². The van der Waals surface area contributed by atoms with Crippen molar-refractivity contribution in [2.75, 3.05) is 29.4 Å². The number of carbonyl (C=O) groups is 3. The highest BCUT2D eigenvalue weighted by molar-refractivity contribution is 6.13. The largest absolute Gasteiger partial charge is 0.346 e. The van der Waals surface area contributed by atoms with E-state index < -0.39 is 0 Å². The molecule has 2 aromatic rings. The van der Waals surface area contributed by atoms with Gasteiger partial charge in [0.2, 0.25) is 11.8 Å². The lowest BCUT2D eigenvalue weighted by Crippen LogP contribution is -2.55. The minimum absolute atomic E-state index is 0.0159. The standard InChI is InChI=1S/C27H35N5O3/c1-18(19-10-12-28-13-11-19)30-26(35)20-8-9-22-23(14-20)31(24(33)15-29-17-27(2,3)4)16-25(34)32(22)21-6-5-7-21/h8-14,18,21,29H,5-7,15-17H2,1-4H3,(H,30,35)/t18-/m0/s1. The number of fused-ring (bicyclic) bond motifs is 1. The summed E-state index contributed by atoms with van der Waals surface area (Å²) in [4.78, 5) is 46.7. The topological polar surface area (TPSA) is 94.6 Å². The molecule has 8 heteroatoms. The molecule has 186 valence electrons. The molecule has 2 heterocycles. The summed E-state index contributed by atoms with van der Waals surface area (Å²) in [5.41, 5.74) is 2.76. The Balaban J connectivity index is 1.59. The highest BCUT2D eigenvalue weighted by Crippen LogP contribution is 2.40. The van der Waals surface area contributed by atoms with E-state index in [9.17, 15) is 14.4 Å². The zero-order chi connectivity index (χ0) is 25.2. The minimum Gasteiger partial charge on any atom is -0.346 e. The second-order valence-electron chi connectivity index (χ2n) is 10.7. The average molecular weight is 478 g/mol. The third kappa shape index (κ3) is 5.70. The van der Waals surface area contributed by atoms with Crippen LogP contribution in [0.3, 0.4) is 0 Å². The summed E-state index contributed by atoms with van der Waals surface area (Å²) < 4.78 is 0. The number of rotatable bonds is 7. The molecule has 35 heavy (non-hydrogen) atoms. The van der Waals surface area contributed by atoms with E-state index in [4.69, 9.17) is 0 Å². The van der Waals surface area contributed by atoms with Crippen LogP contribution in [0.4, 0.5) is 11.4 Å². The molecule has 0 bridgehead atoms. The summed E-state index contributed by atoms with van der Waals surface area (Å²) in [7, 11) is 0. The van der Waals surface area contributed by atoms with Crippen LogP contribution in [0.15, 0.2) is 42.7 Å². The van der Waals surface area contributed by atoms with Gasteiger partial charge in [0.1, 0.15) is 6.54 Å². The van der Waals surface area contributed by atoms with Gasteiger partial charge in [-0.15, -0.1) is 0 Å². The second kappa shape index (κ2) is 10.2. The highest BCUT2D eigenvalue weighted by atomic mass is 16.2. The molecular weight excluding hydrogens is 442 g/mol. The molecular formula is C27H35N5O3. The van der Waals surface area contributed by atoms with Gasteiger partial charge in [-0.1, -0.05) is 20.8 Å². The predicted molar refractivity (Wildman–Crippen MR) is 136 cm³/mol. The van der Waals surface area contributed by atoms with Gasteiger partial charge < -0.3 is 15.5 Å². The molecule has 3 amide bonds. The Hall–Kier alpha value is -3.26. The van der Waals surface area contributed by atoms with Gasteiger partial charge in [-0.25, -0.2) is 0 Å². The first kappa shape index (κ1) is 24.9. The summed E-state index contributed by atoms with van der Waals surface area (Å²) in [5, 5.41) is 6.22. The molecule has 1 aliphatic heterocycles. The second-order valence-corrected chi connectivity index (χ2v) is 10.7.